The molecule has 1 aliphatic carbocycles. The van der Waals surface area contributed by atoms with E-state index in [1.807, 2.05) is 19.1 Å². The molecule has 1 atom stereocenters. The molecule has 1 fully saturated rings. The van der Waals surface area contributed by atoms with Gasteiger partial charge in [0.25, 0.3) is 0 Å². The molecule has 1 saturated carbocycles. The molecule has 0 aliphatic heterocycles. The van der Waals surface area contributed by atoms with Crippen molar-refractivity contribution in [2.75, 3.05) is 0 Å². The molecule has 3 nitrogen and oxygen atoms in total. The van der Waals surface area contributed by atoms with Crippen LogP contribution in [0.15, 0.2) is 24.5 Å². The Morgan fingerprint density at radius 2 is 2.29 bits per heavy atom. The van der Waals surface area contributed by atoms with Crippen molar-refractivity contribution < 1.29 is 4.79 Å². The molecular formula is C14H20N2O. The summed E-state index contributed by atoms with van der Waals surface area (Å²) in [5, 5.41) is 3.04. The summed E-state index contributed by atoms with van der Waals surface area (Å²) in [7, 11) is 0. The van der Waals surface area contributed by atoms with Gasteiger partial charge in [0.1, 0.15) is 0 Å². The molecule has 0 saturated heterocycles. The number of carbonyl (C=O) groups excluding carboxylic acids is 1. The van der Waals surface area contributed by atoms with E-state index in [1.165, 1.54) is 25.7 Å². The van der Waals surface area contributed by atoms with Gasteiger partial charge in [0, 0.05) is 18.8 Å². The zero-order chi connectivity index (χ0) is 12.1. The second-order valence-electron chi connectivity index (χ2n) is 4.93. The summed E-state index contributed by atoms with van der Waals surface area (Å²) in [5.74, 6) is 0.782. The van der Waals surface area contributed by atoms with Crippen LogP contribution >= 0.6 is 0 Å². The molecule has 92 valence electrons. The van der Waals surface area contributed by atoms with Crippen LogP contribution in [0.5, 0.6) is 0 Å². The van der Waals surface area contributed by atoms with Crippen LogP contribution in [0, 0.1) is 5.92 Å². The predicted molar refractivity (Wildman–Crippen MR) is 67.4 cm³/mol. The van der Waals surface area contributed by atoms with Crippen LogP contribution in [0.2, 0.25) is 0 Å². The van der Waals surface area contributed by atoms with E-state index in [2.05, 4.69) is 10.3 Å². The van der Waals surface area contributed by atoms with Gasteiger partial charge in [-0.2, -0.15) is 0 Å². The number of hydrogen-bond donors (Lipinski definition) is 1. The second-order valence-corrected chi connectivity index (χ2v) is 4.93. The fourth-order valence-corrected chi connectivity index (χ4v) is 2.49. The fraction of sp³-hybridized carbons (Fsp3) is 0.571. The highest BCUT2D eigenvalue weighted by molar-refractivity contribution is 5.76. The highest BCUT2D eigenvalue weighted by Gasteiger charge is 2.19. The smallest absolute Gasteiger partial charge is 0.220 e. The Bertz CT molecular complexity index is 358. The lowest BCUT2D eigenvalue weighted by Crippen LogP contribution is -2.28. The molecular weight excluding hydrogens is 212 g/mol. The van der Waals surface area contributed by atoms with Crippen LogP contribution in [0.1, 0.15) is 50.6 Å². The Morgan fingerprint density at radius 3 is 2.94 bits per heavy atom. The molecule has 0 bridgehead atoms. The summed E-state index contributed by atoms with van der Waals surface area (Å²) >= 11 is 0. The van der Waals surface area contributed by atoms with E-state index in [0.717, 1.165) is 5.56 Å². The van der Waals surface area contributed by atoms with Crippen molar-refractivity contribution in [1.82, 2.24) is 10.3 Å². The van der Waals surface area contributed by atoms with Gasteiger partial charge >= 0.3 is 0 Å². The van der Waals surface area contributed by atoms with Gasteiger partial charge in [0.2, 0.25) is 5.91 Å². The molecule has 1 unspecified atom stereocenters. The third-order valence-electron chi connectivity index (χ3n) is 3.51. The minimum atomic E-state index is 0.0533. The molecule has 1 aromatic rings. The topological polar surface area (TPSA) is 42.0 Å². The van der Waals surface area contributed by atoms with E-state index in [0.29, 0.717) is 12.3 Å². The summed E-state index contributed by atoms with van der Waals surface area (Å²) in [6.45, 7) is 2.00. The number of carbonyl (C=O) groups is 1. The quantitative estimate of drug-likeness (QED) is 0.867. The lowest BCUT2D eigenvalue weighted by atomic mass is 10.0. The van der Waals surface area contributed by atoms with E-state index in [1.54, 1.807) is 12.4 Å². The lowest BCUT2D eigenvalue weighted by molar-refractivity contribution is -0.122. The maximum Gasteiger partial charge on any atom is 0.220 e. The van der Waals surface area contributed by atoms with Crippen LogP contribution in [0.4, 0.5) is 0 Å². The molecule has 0 spiro atoms. The molecule has 1 aromatic heterocycles. The number of amides is 1. The van der Waals surface area contributed by atoms with Gasteiger partial charge in [-0.25, -0.2) is 0 Å². The number of pyridine rings is 1. The third kappa shape index (κ3) is 3.55. The number of nitrogens with one attached hydrogen (secondary N) is 1. The average molecular weight is 232 g/mol. The first-order chi connectivity index (χ1) is 8.25. The van der Waals surface area contributed by atoms with Crippen molar-refractivity contribution in [3.05, 3.63) is 30.1 Å². The van der Waals surface area contributed by atoms with Gasteiger partial charge < -0.3 is 5.32 Å². The molecule has 0 aromatic carbocycles. The average Bonchev–Trinajstić information content (AvgIpc) is 2.82. The zero-order valence-electron chi connectivity index (χ0n) is 10.4. The highest BCUT2D eigenvalue weighted by Crippen LogP contribution is 2.27. The van der Waals surface area contributed by atoms with E-state index in [9.17, 15) is 4.79 Å². The number of nitrogens with zero attached hydrogens (tertiary/aromatic N) is 1. The highest BCUT2D eigenvalue weighted by atomic mass is 16.1. The van der Waals surface area contributed by atoms with Gasteiger partial charge in [-0.05, 0) is 37.3 Å². The van der Waals surface area contributed by atoms with Crippen molar-refractivity contribution >= 4 is 5.91 Å². The Morgan fingerprint density at radius 1 is 1.53 bits per heavy atom. The Labute approximate surface area is 103 Å². The molecule has 2 rings (SSSR count). The summed E-state index contributed by atoms with van der Waals surface area (Å²) in [6.07, 6.45) is 9.25. The predicted octanol–water partition coefficient (Wildman–Crippen LogP) is 2.84. The molecule has 1 heterocycles. The van der Waals surface area contributed by atoms with Crippen molar-refractivity contribution in [3.63, 3.8) is 0 Å². The minimum Gasteiger partial charge on any atom is -0.350 e. The lowest BCUT2D eigenvalue weighted by Gasteiger charge is -2.15. The standard InChI is InChI=1S/C14H20N2O/c1-11(13-7-4-8-15-10-13)16-14(17)9-12-5-2-3-6-12/h4,7-8,10-12H,2-3,5-6,9H2,1H3,(H,16,17). The molecule has 17 heavy (non-hydrogen) atoms. The summed E-state index contributed by atoms with van der Waals surface area (Å²) in [5.41, 5.74) is 1.06. The van der Waals surface area contributed by atoms with Crippen LogP contribution in [-0.2, 0) is 4.79 Å². The van der Waals surface area contributed by atoms with E-state index in [4.69, 9.17) is 0 Å². The number of aromatic nitrogens is 1. The Balaban J connectivity index is 1.81. The van der Waals surface area contributed by atoms with E-state index < -0.39 is 0 Å². The first-order valence-corrected chi connectivity index (χ1v) is 6.45. The molecule has 0 radical (unpaired) electrons. The normalized spacial score (nSPS) is 17.9. The zero-order valence-corrected chi connectivity index (χ0v) is 10.4. The fourth-order valence-electron chi connectivity index (χ4n) is 2.49. The van der Waals surface area contributed by atoms with Crippen molar-refractivity contribution in [2.24, 2.45) is 5.92 Å². The summed E-state index contributed by atoms with van der Waals surface area (Å²) in [4.78, 5) is 15.9. The van der Waals surface area contributed by atoms with Crippen LogP contribution in [0.25, 0.3) is 0 Å². The minimum absolute atomic E-state index is 0.0533. The SMILES string of the molecule is CC(NC(=O)CC1CCCC1)c1cccnc1. The first-order valence-electron chi connectivity index (χ1n) is 6.45. The van der Waals surface area contributed by atoms with Crippen molar-refractivity contribution in [3.8, 4) is 0 Å². The largest absolute Gasteiger partial charge is 0.350 e. The maximum absolute atomic E-state index is 11.9. The number of rotatable bonds is 4. The molecule has 3 heteroatoms. The van der Waals surface area contributed by atoms with Gasteiger partial charge in [-0.1, -0.05) is 18.9 Å². The third-order valence-corrected chi connectivity index (χ3v) is 3.51. The van der Waals surface area contributed by atoms with Crippen LogP contribution < -0.4 is 5.32 Å². The van der Waals surface area contributed by atoms with Crippen LogP contribution in [0.3, 0.4) is 0 Å². The maximum atomic E-state index is 11.9. The Hall–Kier alpha value is -1.38. The van der Waals surface area contributed by atoms with Gasteiger partial charge in [-0.3, -0.25) is 9.78 Å². The molecule has 1 N–H and O–H groups in total. The van der Waals surface area contributed by atoms with Gasteiger partial charge in [-0.15, -0.1) is 0 Å². The van der Waals surface area contributed by atoms with Gasteiger partial charge in [0.15, 0.2) is 0 Å². The van der Waals surface area contributed by atoms with Gasteiger partial charge in [0.05, 0.1) is 6.04 Å². The molecule has 1 aliphatic rings. The van der Waals surface area contributed by atoms with Crippen molar-refractivity contribution in [2.45, 2.75) is 45.1 Å². The monoisotopic (exact) mass is 232 g/mol. The summed E-state index contributed by atoms with van der Waals surface area (Å²) in [6, 6.07) is 3.94. The van der Waals surface area contributed by atoms with E-state index >= 15 is 0 Å². The first kappa shape index (κ1) is 12.1. The summed E-state index contributed by atoms with van der Waals surface area (Å²) < 4.78 is 0. The Kier molecular flexibility index (Phi) is 4.13. The van der Waals surface area contributed by atoms with Crippen molar-refractivity contribution in [1.29, 1.82) is 0 Å². The molecule has 1 amide bonds. The number of hydrogen-bond acceptors (Lipinski definition) is 2. The van der Waals surface area contributed by atoms with Crippen LogP contribution in [-0.4, -0.2) is 10.9 Å². The second kappa shape index (κ2) is 5.80. The van der Waals surface area contributed by atoms with E-state index in [-0.39, 0.29) is 11.9 Å².